The molecule has 1 aromatic carbocycles. The molecule has 3 fully saturated rings. The third-order valence-electron chi connectivity index (χ3n) is 10.1. The summed E-state index contributed by atoms with van der Waals surface area (Å²) in [5, 5.41) is 24.5. The van der Waals surface area contributed by atoms with Gasteiger partial charge in [0.2, 0.25) is 0 Å². The SMILES string of the molecule is CC(=O)OC1C(=O)[C@@]2(C)C([C@H](OC(=O)c3ccccc3)[C@]3(O)CCC(C)=C1C3(C)C)[C@]1(OC(C)=O)COC1C[C@@H]2O. The molecule has 222 valence electrons. The quantitative estimate of drug-likeness (QED) is 0.315. The van der Waals surface area contributed by atoms with Crippen molar-refractivity contribution in [1.29, 1.82) is 0 Å². The lowest BCUT2D eigenvalue weighted by atomic mass is 9.45. The highest BCUT2D eigenvalue weighted by Gasteiger charge is 2.77. The summed E-state index contributed by atoms with van der Waals surface area (Å²) in [6.07, 6.45) is -4.63. The van der Waals surface area contributed by atoms with Crippen molar-refractivity contribution < 1.29 is 48.3 Å². The number of aliphatic hydroxyl groups is 2. The first-order valence-electron chi connectivity index (χ1n) is 14.0. The zero-order valence-electron chi connectivity index (χ0n) is 24.3. The number of benzene rings is 1. The van der Waals surface area contributed by atoms with Crippen molar-refractivity contribution in [2.24, 2.45) is 16.7 Å². The minimum Gasteiger partial charge on any atom is -0.455 e. The number of esters is 3. The van der Waals surface area contributed by atoms with Crippen LogP contribution in [0.15, 0.2) is 41.5 Å². The Morgan fingerprint density at radius 2 is 1.68 bits per heavy atom. The molecule has 5 rings (SSSR count). The number of carbonyl (C=O) groups is 4. The summed E-state index contributed by atoms with van der Waals surface area (Å²) in [6, 6.07) is 8.25. The Hall–Kier alpha value is -3.08. The van der Waals surface area contributed by atoms with E-state index in [9.17, 15) is 29.4 Å². The van der Waals surface area contributed by atoms with E-state index in [0.29, 0.717) is 12.0 Å². The van der Waals surface area contributed by atoms with Crippen LogP contribution in [0.3, 0.4) is 0 Å². The fourth-order valence-corrected chi connectivity index (χ4v) is 7.93. The van der Waals surface area contributed by atoms with Crippen molar-refractivity contribution in [3.63, 3.8) is 0 Å². The largest absolute Gasteiger partial charge is 0.455 e. The molecule has 2 N–H and O–H groups in total. The lowest BCUT2D eigenvalue weighted by Gasteiger charge is -2.67. The molecule has 0 radical (unpaired) electrons. The van der Waals surface area contributed by atoms with Crippen LogP contribution in [0.5, 0.6) is 0 Å². The Labute approximate surface area is 239 Å². The second kappa shape index (κ2) is 9.74. The van der Waals surface area contributed by atoms with Gasteiger partial charge in [0, 0.05) is 25.7 Å². The minimum atomic E-state index is -1.83. The molecule has 1 saturated heterocycles. The van der Waals surface area contributed by atoms with Gasteiger partial charge in [-0.15, -0.1) is 0 Å². The first-order valence-corrected chi connectivity index (χ1v) is 14.0. The zero-order valence-corrected chi connectivity index (χ0v) is 24.3. The number of Topliss-reactive ketones (excluding diaryl/α,β-unsaturated/α-hetero) is 1. The van der Waals surface area contributed by atoms with Crippen molar-refractivity contribution in [2.45, 2.75) is 96.4 Å². The predicted octanol–water partition coefficient (Wildman–Crippen LogP) is 2.68. The molecule has 4 aliphatic rings. The highest BCUT2D eigenvalue weighted by atomic mass is 16.6. The van der Waals surface area contributed by atoms with Crippen LogP contribution in [-0.2, 0) is 33.3 Å². The first kappa shape index (κ1) is 29.4. The van der Waals surface area contributed by atoms with Gasteiger partial charge >= 0.3 is 17.9 Å². The van der Waals surface area contributed by atoms with Crippen LogP contribution < -0.4 is 0 Å². The monoisotopic (exact) mass is 570 g/mol. The van der Waals surface area contributed by atoms with E-state index in [1.807, 2.05) is 6.92 Å². The molecule has 0 amide bonds. The Morgan fingerprint density at radius 3 is 2.24 bits per heavy atom. The smallest absolute Gasteiger partial charge is 0.338 e. The number of fused-ring (bicyclic) bond motifs is 5. The molecule has 41 heavy (non-hydrogen) atoms. The lowest BCUT2D eigenvalue weighted by molar-refractivity contribution is -0.345. The molecule has 3 unspecified atom stereocenters. The summed E-state index contributed by atoms with van der Waals surface area (Å²) < 4.78 is 23.7. The van der Waals surface area contributed by atoms with E-state index in [1.165, 1.54) is 20.8 Å². The average molecular weight is 571 g/mol. The Morgan fingerprint density at radius 1 is 1.02 bits per heavy atom. The van der Waals surface area contributed by atoms with Gasteiger partial charge in [0.05, 0.1) is 29.6 Å². The van der Waals surface area contributed by atoms with E-state index in [4.69, 9.17) is 18.9 Å². The molecule has 3 aliphatic carbocycles. The number of ketones is 1. The molecule has 8 atom stereocenters. The van der Waals surface area contributed by atoms with Crippen LogP contribution in [0.25, 0.3) is 0 Å². The van der Waals surface area contributed by atoms with Crippen LogP contribution >= 0.6 is 0 Å². The molecule has 10 heteroatoms. The highest BCUT2D eigenvalue weighted by molar-refractivity contribution is 5.95. The first-order chi connectivity index (χ1) is 19.1. The maximum Gasteiger partial charge on any atom is 0.338 e. The summed E-state index contributed by atoms with van der Waals surface area (Å²) >= 11 is 0. The maximum absolute atomic E-state index is 14.8. The Kier molecular flexibility index (Phi) is 6.99. The topological polar surface area (TPSA) is 146 Å². The summed E-state index contributed by atoms with van der Waals surface area (Å²) in [4.78, 5) is 53.4. The van der Waals surface area contributed by atoms with E-state index in [0.717, 1.165) is 5.57 Å². The van der Waals surface area contributed by atoms with Gasteiger partial charge in [0.1, 0.15) is 17.8 Å². The van der Waals surface area contributed by atoms with Gasteiger partial charge < -0.3 is 29.2 Å². The molecule has 2 bridgehead atoms. The van der Waals surface area contributed by atoms with E-state index >= 15 is 0 Å². The average Bonchev–Trinajstić information content (AvgIpc) is 2.89. The van der Waals surface area contributed by atoms with Crippen LogP contribution in [0.4, 0.5) is 0 Å². The van der Waals surface area contributed by atoms with E-state index in [-0.39, 0.29) is 25.0 Å². The second-order valence-corrected chi connectivity index (χ2v) is 12.6. The van der Waals surface area contributed by atoms with Crippen LogP contribution in [0.1, 0.15) is 71.2 Å². The van der Waals surface area contributed by atoms with Gasteiger partial charge in [-0.2, -0.15) is 0 Å². The molecule has 0 spiro atoms. The van der Waals surface area contributed by atoms with Gasteiger partial charge in [-0.25, -0.2) is 4.79 Å². The van der Waals surface area contributed by atoms with Gasteiger partial charge in [0.25, 0.3) is 0 Å². The van der Waals surface area contributed by atoms with E-state index in [2.05, 4.69) is 0 Å². The third-order valence-corrected chi connectivity index (χ3v) is 10.1. The van der Waals surface area contributed by atoms with Crippen molar-refractivity contribution in [2.75, 3.05) is 6.61 Å². The fraction of sp³-hybridized carbons (Fsp3) is 0.613. The van der Waals surface area contributed by atoms with Crippen molar-refractivity contribution in [3.8, 4) is 0 Å². The third kappa shape index (κ3) is 4.09. The van der Waals surface area contributed by atoms with Crippen molar-refractivity contribution >= 4 is 23.7 Å². The van der Waals surface area contributed by atoms with Gasteiger partial charge in [-0.05, 0) is 44.4 Å². The second-order valence-electron chi connectivity index (χ2n) is 12.6. The fourth-order valence-electron chi connectivity index (χ4n) is 7.93. The number of hydrogen-bond donors (Lipinski definition) is 2. The molecule has 10 nitrogen and oxygen atoms in total. The summed E-state index contributed by atoms with van der Waals surface area (Å²) in [7, 11) is 0. The lowest BCUT2D eigenvalue weighted by Crippen LogP contribution is -2.81. The molecular formula is C31H38O10. The van der Waals surface area contributed by atoms with Crippen LogP contribution in [0.2, 0.25) is 0 Å². The molecule has 0 aromatic heterocycles. The molecule has 1 aliphatic heterocycles. The summed E-state index contributed by atoms with van der Waals surface area (Å²) in [6.45, 7) is 9.08. The maximum atomic E-state index is 14.8. The molecule has 1 aromatic rings. The van der Waals surface area contributed by atoms with Crippen molar-refractivity contribution in [3.05, 3.63) is 47.0 Å². The standard InChI is InChI=1S/C31H38O10/c1-16-12-13-31(37)26(40-27(36)19-10-8-7-9-11-19)24-29(6,20(34)14-21-30(24,15-38-21)41-18(3)33)25(35)23(39-17(2)32)22(16)28(31,4)5/h7-11,20-21,23-24,26,34,37H,12-15H2,1-6H3/t20-,21?,23?,24?,26-,29+,30-,31+/m0/s1. The normalized spacial score (nSPS) is 39.2. The minimum absolute atomic E-state index is 0.0575. The van der Waals surface area contributed by atoms with Gasteiger partial charge in [-0.3, -0.25) is 14.4 Å². The zero-order chi connectivity index (χ0) is 30.1. The van der Waals surface area contributed by atoms with Gasteiger partial charge in [0.15, 0.2) is 17.5 Å². The number of carbonyl (C=O) groups excluding carboxylic acids is 4. The number of hydrogen-bond acceptors (Lipinski definition) is 10. The number of ether oxygens (including phenoxy) is 4. The Bertz CT molecular complexity index is 1320. The van der Waals surface area contributed by atoms with Crippen LogP contribution in [-0.4, -0.2) is 76.1 Å². The van der Waals surface area contributed by atoms with Gasteiger partial charge in [-0.1, -0.05) is 37.6 Å². The predicted molar refractivity (Wildman–Crippen MR) is 143 cm³/mol. The van der Waals surface area contributed by atoms with E-state index in [1.54, 1.807) is 44.2 Å². The van der Waals surface area contributed by atoms with E-state index < -0.39 is 76.1 Å². The summed E-state index contributed by atoms with van der Waals surface area (Å²) in [5.74, 6) is -3.96. The number of aliphatic hydroxyl groups excluding tert-OH is 1. The molecule has 2 saturated carbocycles. The highest BCUT2D eigenvalue weighted by Crippen LogP contribution is 2.64. The van der Waals surface area contributed by atoms with Crippen molar-refractivity contribution in [1.82, 2.24) is 0 Å². The van der Waals surface area contributed by atoms with Crippen LogP contribution in [0, 0.1) is 16.7 Å². The Balaban J connectivity index is 1.81. The molecular weight excluding hydrogens is 532 g/mol. The number of allylic oxidation sites excluding steroid dienone is 1. The number of rotatable bonds is 4. The summed E-state index contributed by atoms with van der Waals surface area (Å²) in [5.41, 5.74) is -4.98. The molecule has 1 heterocycles.